The molecule has 5 rings (SSSR count). The Morgan fingerprint density at radius 3 is 2.59 bits per heavy atom. The third kappa shape index (κ3) is 4.06. The molecule has 0 bridgehead atoms. The molecule has 4 aromatic rings. The molecular weight excluding hydrogens is 429 g/mol. The summed E-state index contributed by atoms with van der Waals surface area (Å²) in [5, 5.41) is 5.07. The normalized spacial score (nSPS) is 19.3. The highest BCUT2D eigenvalue weighted by molar-refractivity contribution is 5.95. The molecular formula is C27H28FN5O. The van der Waals surface area contributed by atoms with Crippen molar-refractivity contribution >= 4 is 16.8 Å². The van der Waals surface area contributed by atoms with Gasteiger partial charge >= 0.3 is 0 Å². The van der Waals surface area contributed by atoms with Crippen LogP contribution in [0, 0.1) is 11.7 Å². The molecule has 174 valence electrons. The van der Waals surface area contributed by atoms with Gasteiger partial charge in [-0.1, -0.05) is 13.0 Å². The second kappa shape index (κ2) is 8.97. The lowest BCUT2D eigenvalue weighted by Crippen LogP contribution is -2.22. The molecule has 2 N–H and O–H groups in total. The van der Waals surface area contributed by atoms with Crippen LogP contribution in [0.1, 0.15) is 65.9 Å². The lowest BCUT2D eigenvalue weighted by atomic mass is 9.71. The van der Waals surface area contributed by atoms with E-state index in [-0.39, 0.29) is 11.7 Å². The summed E-state index contributed by atoms with van der Waals surface area (Å²) in [7, 11) is 1.85. The second-order valence-electron chi connectivity index (χ2n) is 9.34. The van der Waals surface area contributed by atoms with Crippen LogP contribution in [0.15, 0.2) is 55.0 Å². The van der Waals surface area contributed by atoms with Crippen LogP contribution in [0.3, 0.4) is 0 Å². The maximum absolute atomic E-state index is 13.9. The molecule has 0 unspecified atom stereocenters. The molecule has 1 fully saturated rings. The van der Waals surface area contributed by atoms with E-state index in [4.69, 9.17) is 5.73 Å². The molecule has 34 heavy (non-hydrogen) atoms. The van der Waals surface area contributed by atoms with Gasteiger partial charge in [-0.2, -0.15) is 5.10 Å². The van der Waals surface area contributed by atoms with Crippen molar-refractivity contribution in [2.45, 2.75) is 44.4 Å². The van der Waals surface area contributed by atoms with Crippen molar-refractivity contribution in [2.75, 3.05) is 0 Å². The van der Waals surface area contributed by atoms with Crippen LogP contribution < -0.4 is 5.73 Å². The van der Waals surface area contributed by atoms with Gasteiger partial charge in [-0.15, -0.1) is 0 Å². The maximum atomic E-state index is 13.9. The van der Waals surface area contributed by atoms with Gasteiger partial charge in [0.15, 0.2) is 5.82 Å². The fourth-order valence-electron chi connectivity index (χ4n) is 5.54. The number of hydrogen-bond acceptors (Lipinski definition) is 4. The molecule has 1 amide bonds. The van der Waals surface area contributed by atoms with Crippen LogP contribution >= 0.6 is 0 Å². The quantitative estimate of drug-likeness (QED) is 0.438. The van der Waals surface area contributed by atoms with Crippen molar-refractivity contribution in [1.82, 2.24) is 19.7 Å². The highest BCUT2D eigenvalue weighted by Gasteiger charge is 2.30. The summed E-state index contributed by atoms with van der Waals surface area (Å²) < 4.78 is 15.6. The van der Waals surface area contributed by atoms with Crippen LogP contribution in [0.5, 0.6) is 0 Å². The summed E-state index contributed by atoms with van der Waals surface area (Å²) in [6.45, 7) is 2.18. The smallest absolute Gasteiger partial charge is 0.248 e. The molecule has 1 atom stereocenters. The number of carbonyl (C=O) groups is 1. The van der Waals surface area contributed by atoms with Crippen LogP contribution in [0.25, 0.3) is 22.3 Å². The third-order valence-corrected chi connectivity index (χ3v) is 7.43. The van der Waals surface area contributed by atoms with Gasteiger partial charge in [-0.25, -0.2) is 14.1 Å². The van der Waals surface area contributed by atoms with Crippen LogP contribution in [-0.4, -0.2) is 25.7 Å². The monoisotopic (exact) mass is 457 g/mol. The van der Waals surface area contributed by atoms with E-state index in [1.165, 1.54) is 18.0 Å². The summed E-state index contributed by atoms with van der Waals surface area (Å²) in [6.07, 6.45) is 7.42. The highest BCUT2D eigenvalue weighted by atomic mass is 19.1. The summed E-state index contributed by atoms with van der Waals surface area (Å²) in [5.74, 6) is 1.08. The highest BCUT2D eigenvalue weighted by Crippen LogP contribution is 2.44. The molecule has 1 aliphatic carbocycles. The molecule has 2 aromatic heterocycles. The first-order chi connectivity index (χ1) is 16.4. The number of benzene rings is 2. The summed E-state index contributed by atoms with van der Waals surface area (Å²) in [4.78, 5) is 21.0. The largest absolute Gasteiger partial charge is 0.366 e. The van der Waals surface area contributed by atoms with Crippen molar-refractivity contribution in [2.24, 2.45) is 18.7 Å². The van der Waals surface area contributed by atoms with E-state index < -0.39 is 5.91 Å². The first-order valence-corrected chi connectivity index (χ1v) is 11.7. The van der Waals surface area contributed by atoms with Gasteiger partial charge in [0.2, 0.25) is 5.91 Å². The van der Waals surface area contributed by atoms with Crippen molar-refractivity contribution in [3.63, 3.8) is 0 Å². The number of rotatable bonds is 5. The lowest BCUT2D eigenvalue weighted by Gasteiger charge is -2.33. The Labute approximate surface area is 198 Å². The molecule has 1 saturated carbocycles. The van der Waals surface area contributed by atoms with Gasteiger partial charge in [0, 0.05) is 29.8 Å². The molecule has 2 aromatic carbocycles. The third-order valence-electron chi connectivity index (χ3n) is 7.43. The Morgan fingerprint density at radius 2 is 1.88 bits per heavy atom. The number of hydrogen-bond donors (Lipinski definition) is 1. The average Bonchev–Trinajstić information content (AvgIpc) is 3.28. The van der Waals surface area contributed by atoms with E-state index in [9.17, 15) is 9.18 Å². The molecule has 6 nitrogen and oxygen atoms in total. The average molecular weight is 458 g/mol. The number of aromatic nitrogens is 4. The van der Waals surface area contributed by atoms with Crippen molar-refractivity contribution < 1.29 is 9.18 Å². The Kier molecular flexibility index (Phi) is 5.86. The van der Waals surface area contributed by atoms with Crippen molar-refractivity contribution in [3.05, 3.63) is 77.5 Å². The van der Waals surface area contributed by atoms with Gasteiger partial charge in [-0.3, -0.25) is 9.78 Å². The van der Waals surface area contributed by atoms with E-state index in [2.05, 4.69) is 22.0 Å². The summed E-state index contributed by atoms with van der Waals surface area (Å²) >= 11 is 0. The molecule has 7 heteroatoms. The number of nitrogens with two attached hydrogens (primary N) is 1. The Bertz CT molecular complexity index is 1360. The van der Waals surface area contributed by atoms with Crippen LogP contribution in [-0.2, 0) is 7.05 Å². The summed E-state index contributed by atoms with van der Waals surface area (Å²) in [6, 6.07) is 12.6. The van der Waals surface area contributed by atoms with Crippen molar-refractivity contribution in [1.29, 1.82) is 0 Å². The minimum absolute atomic E-state index is 0.170. The molecule has 1 aliphatic rings. The van der Waals surface area contributed by atoms with Gasteiger partial charge in [-0.05, 0) is 91.0 Å². The summed E-state index contributed by atoms with van der Waals surface area (Å²) in [5.41, 5.74) is 10.2. The topological polar surface area (TPSA) is 86.7 Å². The molecule has 0 spiro atoms. The number of carbonyl (C=O) groups excluding carboxylic acids is 1. The van der Waals surface area contributed by atoms with Crippen molar-refractivity contribution in [3.8, 4) is 11.4 Å². The first-order valence-electron chi connectivity index (χ1n) is 11.7. The number of primary amides is 1. The van der Waals surface area contributed by atoms with Gasteiger partial charge < -0.3 is 5.73 Å². The fraction of sp³-hybridized carbons (Fsp3) is 0.333. The van der Waals surface area contributed by atoms with E-state index in [0.717, 1.165) is 53.5 Å². The van der Waals surface area contributed by atoms with E-state index in [1.54, 1.807) is 16.8 Å². The first kappa shape index (κ1) is 22.2. The van der Waals surface area contributed by atoms with Crippen LogP contribution in [0.4, 0.5) is 4.39 Å². The van der Waals surface area contributed by atoms with E-state index in [0.29, 0.717) is 17.4 Å². The fourth-order valence-corrected chi connectivity index (χ4v) is 5.54. The maximum Gasteiger partial charge on any atom is 0.248 e. The number of nitrogens with zero attached hydrogens (tertiary/aromatic N) is 4. The number of aryl methyl sites for hydroxylation is 1. The molecule has 0 saturated heterocycles. The second-order valence-corrected chi connectivity index (χ2v) is 9.34. The molecule has 0 aliphatic heterocycles. The molecule has 0 radical (unpaired) electrons. The molecule has 2 heterocycles. The zero-order chi connectivity index (χ0) is 23.8. The Hall–Kier alpha value is -3.61. The number of fused-ring (bicyclic) bond motifs is 1. The van der Waals surface area contributed by atoms with Gasteiger partial charge in [0.1, 0.15) is 12.1 Å². The number of amides is 1. The Morgan fingerprint density at radius 1 is 1.09 bits per heavy atom. The minimum atomic E-state index is -0.412. The number of pyridine rings is 1. The zero-order valence-corrected chi connectivity index (χ0v) is 19.4. The zero-order valence-electron chi connectivity index (χ0n) is 19.4. The van der Waals surface area contributed by atoms with E-state index >= 15 is 0 Å². The van der Waals surface area contributed by atoms with E-state index in [1.807, 2.05) is 37.5 Å². The Balaban J connectivity index is 1.39. The number of halogens is 1. The van der Waals surface area contributed by atoms with Crippen LogP contribution in [0.2, 0.25) is 0 Å². The minimum Gasteiger partial charge on any atom is -0.366 e. The van der Waals surface area contributed by atoms with Gasteiger partial charge in [0.25, 0.3) is 0 Å². The lowest BCUT2D eigenvalue weighted by molar-refractivity contribution is 0.0998. The SMILES string of the molecule is C[C@@H](c1cc(-c2ncnn2C)ccc1C(N)=O)C1CCC(c2ccnc3ccc(F)cc23)CC1. The van der Waals surface area contributed by atoms with Gasteiger partial charge in [0.05, 0.1) is 5.52 Å². The predicted molar refractivity (Wildman–Crippen MR) is 130 cm³/mol. The standard InChI is InChI=1S/C27H28FN5O/c1-16(23-13-19(7-9-22(23)26(29)34)27-31-15-32-33(27)2)17-3-5-18(6-4-17)21-11-12-30-25-10-8-20(28)14-24(21)25/h7-18H,3-6H2,1-2H3,(H2,29,34)/t16-,17?,18?/m1/s1. The predicted octanol–water partition coefficient (Wildman–Crippen LogP) is 5.35.